The summed E-state index contributed by atoms with van der Waals surface area (Å²) >= 11 is 5.99. The molecule has 2 aliphatic heterocycles. The number of fused-ring (bicyclic) bond motifs is 1. The summed E-state index contributed by atoms with van der Waals surface area (Å²) in [5.41, 5.74) is 0.894. The van der Waals surface area contributed by atoms with E-state index in [1.165, 1.54) is 0 Å². The van der Waals surface area contributed by atoms with Crippen LogP contribution in [-0.2, 0) is 20.7 Å². The minimum absolute atomic E-state index is 0.119. The van der Waals surface area contributed by atoms with Crippen molar-refractivity contribution in [3.63, 3.8) is 0 Å². The molecule has 5 nitrogen and oxygen atoms in total. The molecule has 0 bridgehead atoms. The Hall–Kier alpha value is -1.75. The lowest BCUT2D eigenvalue weighted by Gasteiger charge is -2.35. The number of amides is 1. The average molecular weight is 366 g/mol. The molecule has 2 heterocycles. The molecule has 1 aromatic rings. The van der Waals surface area contributed by atoms with Gasteiger partial charge in [0, 0.05) is 18.1 Å². The van der Waals surface area contributed by atoms with Gasteiger partial charge in [0.25, 0.3) is 5.91 Å². The van der Waals surface area contributed by atoms with Gasteiger partial charge in [0.1, 0.15) is 12.4 Å². The minimum atomic E-state index is -0.405. The molecule has 1 saturated heterocycles. The maximum Gasteiger partial charge on any atom is 0.313 e. The number of piperidine rings is 1. The highest BCUT2D eigenvalue weighted by Gasteiger charge is 2.30. The smallest absolute Gasteiger partial charge is 0.313 e. The van der Waals surface area contributed by atoms with Gasteiger partial charge in [0.15, 0.2) is 6.61 Å². The van der Waals surface area contributed by atoms with E-state index in [1.54, 1.807) is 23.1 Å². The number of likely N-dealkylation sites (tertiary alicyclic amines) is 1. The third-order valence-corrected chi connectivity index (χ3v) is 5.06. The van der Waals surface area contributed by atoms with Crippen LogP contribution in [-0.4, -0.2) is 43.1 Å². The van der Waals surface area contributed by atoms with Crippen LogP contribution in [0.15, 0.2) is 18.2 Å². The molecule has 0 aromatic heterocycles. The Bertz CT molecular complexity index is 653. The van der Waals surface area contributed by atoms with Crippen LogP contribution in [0.1, 0.15) is 25.8 Å². The van der Waals surface area contributed by atoms with E-state index < -0.39 is 11.9 Å². The highest BCUT2D eigenvalue weighted by Crippen LogP contribution is 2.30. The topological polar surface area (TPSA) is 55.8 Å². The fraction of sp³-hybridized carbons (Fsp3) is 0.579. The normalized spacial score (nSPS) is 25.7. The van der Waals surface area contributed by atoms with Crippen molar-refractivity contribution >= 4 is 23.5 Å². The largest absolute Gasteiger partial charge is 0.492 e. The number of esters is 1. The van der Waals surface area contributed by atoms with E-state index in [9.17, 15) is 9.59 Å². The Labute approximate surface area is 153 Å². The summed E-state index contributed by atoms with van der Waals surface area (Å²) in [4.78, 5) is 26.4. The zero-order chi connectivity index (χ0) is 18.0. The van der Waals surface area contributed by atoms with Crippen LogP contribution in [0.2, 0.25) is 5.02 Å². The Morgan fingerprint density at radius 2 is 2.00 bits per heavy atom. The van der Waals surface area contributed by atoms with Gasteiger partial charge in [-0.2, -0.15) is 0 Å². The van der Waals surface area contributed by atoms with Crippen LogP contribution in [0.5, 0.6) is 5.75 Å². The number of nitrogens with zero attached hydrogens (tertiary/aromatic N) is 1. The molecule has 1 fully saturated rings. The average Bonchev–Trinajstić information content (AvgIpc) is 2.57. The molecule has 0 aliphatic carbocycles. The van der Waals surface area contributed by atoms with E-state index in [-0.39, 0.29) is 19.1 Å². The van der Waals surface area contributed by atoms with Crippen molar-refractivity contribution in [2.45, 2.75) is 26.7 Å². The first-order valence-electron chi connectivity index (χ1n) is 8.78. The molecular weight excluding hydrogens is 342 g/mol. The van der Waals surface area contributed by atoms with Gasteiger partial charge in [-0.25, -0.2) is 0 Å². The molecule has 6 heteroatoms. The Balaban J connectivity index is 1.52. The lowest BCUT2D eigenvalue weighted by atomic mass is 9.92. The van der Waals surface area contributed by atoms with Gasteiger partial charge < -0.3 is 14.4 Å². The molecule has 0 saturated carbocycles. The fourth-order valence-corrected chi connectivity index (χ4v) is 3.92. The number of hydrogen-bond acceptors (Lipinski definition) is 4. The zero-order valence-electron chi connectivity index (χ0n) is 14.7. The van der Waals surface area contributed by atoms with Crippen molar-refractivity contribution in [1.29, 1.82) is 0 Å². The van der Waals surface area contributed by atoms with Gasteiger partial charge in [-0.05, 0) is 48.4 Å². The summed E-state index contributed by atoms with van der Waals surface area (Å²) in [5, 5.41) is 0.611. The summed E-state index contributed by atoms with van der Waals surface area (Å²) < 4.78 is 10.9. The summed E-state index contributed by atoms with van der Waals surface area (Å²) in [7, 11) is 0. The monoisotopic (exact) mass is 365 g/mol. The standard InChI is InChI=1S/C19H24ClNO4/c1-12-5-13(2)9-21(8-12)18(22)11-25-19(23)15-6-14-7-16(20)3-4-17(14)24-10-15/h3-4,7,12-13,15H,5-6,8-11H2,1-2H3/t12-,13-,15-/m1/s1. The van der Waals surface area contributed by atoms with Crippen molar-refractivity contribution in [2.24, 2.45) is 17.8 Å². The second-order valence-electron chi connectivity index (χ2n) is 7.32. The van der Waals surface area contributed by atoms with Crippen molar-refractivity contribution < 1.29 is 19.1 Å². The first-order valence-corrected chi connectivity index (χ1v) is 9.15. The maximum absolute atomic E-state index is 12.3. The summed E-state index contributed by atoms with van der Waals surface area (Å²) in [5.74, 6) is 0.801. The molecule has 0 radical (unpaired) electrons. The molecular formula is C19H24ClNO4. The molecule has 136 valence electrons. The van der Waals surface area contributed by atoms with Gasteiger partial charge in [0.05, 0.1) is 5.92 Å². The van der Waals surface area contributed by atoms with Crippen LogP contribution in [0, 0.1) is 17.8 Å². The van der Waals surface area contributed by atoms with Gasteiger partial charge in [0.2, 0.25) is 0 Å². The molecule has 0 N–H and O–H groups in total. The van der Waals surface area contributed by atoms with Gasteiger partial charge in [-0.15, -0.1) is 0 Å². The van der Waals surface area contributed by atoms with E-state index in [0.717, 1.165) is 30.8 Å². The van der Waals surface area contributed by atoms with Crippen LogP contribution < -0.4 is 4.74 Å². The quantitative estimate of drug-likeness (QED) is 0.773. The lowest BCUT2D eigenvalue weighted by molar-refractivity contribution is -0.157. The maximum atomic E-state index is 12.3. The predicted molar refractivity (Wildman–Crippen MR) is 94.6 cm³/mol. The summed E-state index contributed by atoms with van der Waals surface area (Å²) in [6.07, 6.45) is 1.64. The second kappa shape index (κ2) is 7.65. The molecule has 0 spiro atoms. The Kier molecular flexibility index (Phi) is 5.52. The van der Waals surface area contributed by atoms with Crippen molar-refractivity contribution in [3.8, 4) is 5.75 Å². The second-order valence-corrected chi connectivity index (χ2v) is 7.75. The fourth-order valence-electron chi connectivity index (χ4n) is 3.72. The van der Waals surface area contributed by atoms with Gasteiger partial charge in [-0.3, -0.25) is 9.59 Å². The molecule has 2 aliphatic rings. The first kappa shape index (κ1) is 18.1. The minimum Gasteiger partial charge on any atom is -0.492 e. The van der Waals surface area contributed by atoms with Crippen LogP contribution in [0.3, 0.4) is 0 Å². The highest BCUT2D eigenvalue weighted by molar-refractivity contribution is 6.30. The van der Waals surface area contributed by atoms with E-state index in [1.807, 2.05) is 0 Å². The predicted octanol–water partition coefficient (Wildman–Crippen LogP) is 2.94. The molecule has 3 atom stereocenters. The first-order chi connectivity index (χ1) is 11.9. The van der Waals surface area contributed by atoms with E-state index in [0.29, 0.717) is 23.3 Å². The molecule has 25 heavy (non-hydrogen) atoms. The molecule has 1 aromatic carbocycles. The van der Waals surface area contributed by atoms with Crippen LogP contribution in [0.25, 0.3) is 0 Å². The number of ether oxygens (including phenoxy) is 2. The third-order valence-electron chi connectivity index (χ3n) is 4.82. The van der Waals surface area contributed by atoms with Crippen molar-refractivity contribution in [3.05, 3.63) is 28.8 Å². The summed E-state index contributed by atoms with van der Waals surface area (Å²) in [6, 6.07) is 5.37. The van der Waals surface area contributed by atoms with Crippen molar-refractivity contribution in [2.75, 3.05) is 26.3 Å². The van der Waals surface area contributed by atoms with Crippen LogP contribution >= 0.6 is 11.6 Å². The SMILES string of the molecule is C[C@@H]1C[C@@H](C)CN(C(=O)COC(=O)[C@H]2COc3ccc(Cl)cc3C2)C1. The van der Waals surface area contributed by atoms with Gasteiger partial charge >= 0.3 is 5.97 Å². The molecule has 0 unspecified atom stereocenters. The number of halogens is 1. The Morgan fingerprint density at radius 1 is 1.28 bits per heavy atom. The van der Waals surface area contributed by atoms with Crippen molar-refractivity contribution in [1.82, 2.24) is 4.90 Å². The molecule has 3 rings (SSSR count). The third kappa shape index (κ3) is 4.46. The van der Waals surface area contributed by atoms with E-state index in [2.05, 4.69) is 13.8 Å². The van der Waals surface area contributed by atoms with Crippen LogP contribution in [0.4, 0.5) is 0 Å². The van der Waals surface area contributed by atoms with E-state index in [4.69, 9.17) is 21.1 Å². The van der Waals surface area contributed by atoms with Gasteiger partial charge in [-0.1, -0.05) is 25.4 Å². The number of benzene rings is 1. The number of rotatable bonds is 3. The number of hydrogen-bond donors (Lipinski definition) is 0. The number of carbonyl (C=O) groups is 2. The molecule has 1 amide bonds. The highest BCUT2D eigenvalue weighted by atomic mass is 35.5. The zero-order valence-corrected chi connectivity index (χ0v) is 15.4. The van der Waals surface area contributed by atoms with E-state index >= 15 is 0 Å². The summed E-state index contributed by atoms with van der Waals surface area (Å²) in [6.45, 7) is 5.82. The number of carbonyl (C=O) groups excluding carboxylic acids is 2. The lowest BCUT2D eigenvalue weighted by Crippen LogP contribution is -2.44. The Morgan fingerprint density at radius 3 is 2.72 bits per heavy atom.